The number of esters is 1. The van der Waals surface area contributed by atoms with E-state index in [0.29, 0.717) is 21.6 Å². The van der Waals surface area contributed by atoms with Crippen LogP contribution in [0, 0.1) is 0 Å². The number of rotatable bonds is 4. The minimum atomic E-state index is -0.705. The first kappa shape index (κ1) is 25.7. The van der Waals surface area contributed by atoms with Gasteiger partial charge in [0.25, 0.3) is 11.9 Å². The van der Waals surface area contributed by atoms with Crippen molar-refractivity contribution in [2.75, 3.05) is 6.61 Å². The summed E-state index contributed by atoms with van der Waals surface area (Å²) in [5.74, 6) is -1.80. The van der Waals surface area contributed by atoms with Crippen molar-refractivity contribution in [3.8, 4) is 5.95 Å². The number of aromatic hydroxyl groups is 1. The average Bonchev–Trinajstić information content (AvgIpc) is 3.27. The molecule has 1 aliphatic heterocycles. The summed E-state index contributed by atoms with van der Waals surface area (Å²) in [6.07, 6.45) is 0. The Labute approximate surface area is 215 Å². The molecule has 1 aliphatic rings. The van der Waals surface area contributed by atoms with Gasteiger partial charge in [0.2, 0.25) is 0 Å². The monoisotopic (exact) mass is 507 g/mol. The number of aliphatic imine (C=N–C) groups is 1. The van der Waals surface area contributed by atoms with Crippen LogP contribution in [0.25, 0.3) is 16.5 Å². The summed E-state index contributed by atoms with van der Waals surface area (Å²) >= 11 is 6.04. The lowest BCUT2D eigenvalue weighted by Gasteiger charge is -2.25. The quantitative estimate of drug-likeness (QED) is 0.395. The van der Waals surface area contributed by atoms with Crippen molar-refractivity contribution in [3.05, 3.63) is 69.2 Å². The first-order valence-corrected chi connectivity index (χ1v) is 12.2. The predicted molar refractivity (Wildman–Crippen MR) is 142 cm³/mol. The van der Waals surface area contributed by atoms with Crippen molar-refractivity contribution in [1.82, 2.24) is 0 Å². The Balaban J connectivity index is 2.09. The maximum Gasteiger partial charge on any atom is 0.341 e. The molecule has 0 fully saturated rings. The van der Waals surface area contributed by atoms with E-state index >= 15 is 0 Å². The summed E-state index contributed by atoms with van der Waals surface area (Å²) in [5, 5.41) is 12.1. The van der Waals surface area contributed by atoms with Gasteiger partial charge in [-0.15, -0.1) is 0 Å². The van der Waals surface area contributed by atoms with Gasteiger partial charge in [0.15, 0.2) is 0 Å². The van der Waals surface area contributed by atoms with E-state index in [-0.39, 0.29) is 39.9 Å². The first-order chi connectivity index (χ1) is 16.7. The lowest BCUT2D eigenvalue weighted by atomic mass is 9.79. The fourth-order valence-electron chi connectivity index (χ4n) is 4.31. The van der Waals surface area contributed by atoms with Crippen LogP contribution in [-0.4, -0.2) is 29.3 Å². The Bertz CT molecular complexity index is 1440. The molecule has 0 unspecified atom stereocenters. The van der Waals surface area contributed by atoms with Crippen LogP contribution >= 0.6 is 11.6 Å². The highest BCUT2D eigenvalue weighted by Crippen LogP contribution is 2.45. The lowest BCUT2D eigenvalue weighted by Crippen LogP contribution is -2.17. The third-order valence-electron chi connectivity index (χ3n) is 6.21. The Morgan fingerprint density at radius 3 is 2.25 bits per heavy atom. The van der Waals surface area contributed by atoms with Crippen LogP contribution in [0.3, 0.4) is 0 Å². The van der Waals surface area contributed by atoms with E-state index in [1.165, 1.54) is 0 Å². The molecule has 36 heavy (non-hydrogen) atoms. The number of amides is 1. The summed E-state index contributed by atoms with van der Waals surface area (Å²) in [5.41, 5.74) is 2.60. The van der Waals surface area contributed by atoms with Crippen LogP contribution < -0.4 is 0 Å². The molecule has 0 aliphatic carbocycles. The number of fused-ring (bicyclic) bond motifs is 1. The van der Waals surface area contributed by atoms with Gasteiger partial charge in [0.1, 0.15) is 5.58 Å². The Kier molecular flexibility index (Phi) is 6.38. The van der Waals surface area contributed by atoms with Gasteiger partial charge in [-0.25, -0.2) is 9.79 Å². The number of halogens is 1. The van der Waals surface area contributed by atoms with Crippen molar-refractivity contribution in [2.24, 2.45) is 4.99 Å². The Morgan fingerprint density at radius 1 is 1.06 bits per heavy atom. The Hall–Kier alpha value is -3.38. The molecular formula is C29H30ClNO5. The molecular weight excluding hydrogens is 478 g/mol. The molecule has 4 rings (SSSR count). The third-order valence-corrected chi connectivity index (χ3v) is 6.46. The molecule has 1 amide bonds. The zero-order chi connectivity index (χ0) is 26.6. The molecule has 0 bridgehead atoms. The first-order valence-electron chi connectivity index (χ1n) is 11.9. The number of carbonyl (C=O) groups is 2. The largest absolute Gasteiger partial charge is 0.480 e. The van der Waals surface area contributed by atoms with Crippen molar-refractivity contribution in [1.29, 1.82) is 0 Å². The number of benzene rings is 2. The molecule has 188 valence electrons. The minimum Gasteiger partial charge on any atom is -0.480 e. The molecule has 2 heterocycles. The van der Waals surface area contributed by atoms with Crippen molar-refractivity contribution in [2.45, 2.75) is 59.3 Å². The molecule has 1 N–H and O–H groups in total. The average molecular weight is 508 g/mol. The predicted octanol–water partition coefficient (Wildman–Crippen LogP) is 6.73. The normalized spacial score (nSPS) is 14.6. The van der Waals surface area contributed by atoms with Gasteiger partial charge >= 0.3 is 5.97 Å². The van der Waals surface area contributed by atoms with Crippen LogP contribution in [0.15, 0.2) is 51.4 Å². The fraction of sp³-hybridized carbons (Fsp3) is 0.345. The summed E-state index contributed by atoms with van der Waals surface area (Å²) in [7, 11) is 0. The molecule has 0 saturated heterocycles. The van der Waals surface area contributed by atoms with E-state index in [4.69, 9.17) is 20.8 Å². The maximum atomic E-state index is 13.4. The summed E-state index contributed by atoms with van der Waals surface area (Å²) in [6.45, 7) is 14.2. The number of ether oxygens (including phenoxy) is 1. The third kappa shape index (κ3) is 4.46. The highest BCUT2D eigenvalue weighted by molar-refractivity contribution is 6.47. The zero-order valence-corrected chi connectivity index (χ0v) is 22.3. The lowest BCUT2D eigenvalue weighted by molar-refractivity contribution is -0.137. The SMILES string of the molecule is CCOC(=O)C1=C(c2c(O)oc3c(C(C)(C)C)cc(C(C)(C)C)cc23)C(=O)N=C1c1ccc(Cl)cc1. The van der Waals surface area contributed by atoms with Crippen LogP contribution in [0.2, 0.25) is 5.02 Å². The Morgan fingerprint density at radius 2 is 1.69 bits per heavy atom. The number of furan rings is 1. The number of hydrogen-bond donors (Lipinski definition) is 1. The number of carbonyl (C=O) groups excluding carboxylic acids is 2. The molecule has 0 radical (unpaired) electrons. The standard InChI is InChI=1S/C29H30ClNO5/c1-8-35-26(33)22-21(25(32)31-23(22)15-9-11-17(30)12-10-15)20-18-13-16(28(2,3)4)14-19(29(5,6)7)24(18)36-27(20)34/h9-14,34H,8H2,1-7H3. The highest BCUT2D eigenvalue weighted by Gasteiger charge is 2.38. The van der Waals surface area contributed by atoms with Crippen LogP contribution in [0.5, 0.6) is 5.95 Å². The molecule has 7 heteroatoms. The van der Waals surface area contributed by atoms with Crippen molar-refractivity contribution < 1.29 is 23.8 Å². The molecule has 0 spiro atoms. The van der Waals surface area contributed by atoms with Crippen molar-refractivity contribution in [3.63, 3.8) is 0 Å². The van der Waals surface area contributed by atoms with Gasteiger partial charge in [-0.1, -0.05) is 71.3 Å². The smallest absolute Gasteiger partial charge is 0.341 e. The van der Waals surface area contributed by atoms with Crippen molar-refractivity contribution >= 4 is 45.7 Å². The van der Waals surface area contributed by atoms with E-state index in [1.54, 1.807) is 31.2 Å². The van der Waals surface area contributed by atoms with Gasteiger partial charge < -0.3 is 14.3 Å². The van der Waals surface area contributed by atoms with Gasteiger partial charge in [0, 0.05) is 21.5 Å². The summed E-state index contributed by atoms with van der Waals surface area (Å²) in [6, 6.07) is 10.6. The van der Waals surface area contributed by atoms with Gasteiger partial charge in [-0.3, -0.25) is 4.79 Å². The molecule has 0 saturated carbocycles. The van der Waals surface area contributed by atoms with E-state index in [9.17, 15) is 14.7 Å². The van der Waals surface area contributed by atoms with E-state index in [1.807, 2.05) is 6.07 Å². The van der Waals surface area contributed by atoms with E-state index in [2.05, 4.69) is 52.6 Å². The topological polar surface area (TPSA) is 89.1 Å². The second-order valence-corrected chi connectivity index (χ2v) is 11.4. The maximum absolute atomic E-state index is 13.4. The fourth-order valence-corrected chi connectivity index (χ4v) is 4.43. The highest BCUT2D eigenvalue weighted by atomic mass is 35.5. The zero-order valence-electron chi connectivity index (χ0n) is 21.6. The number of nitrogens with zero attached hydrogens (tertiary/aromatic N) is 1. The molecule has 3 aromatic rings. The molecule has 2 aromatic carbocycles. The molecule has 1 aromatic heterocycles. The van der Waals surface area contributed by atoms with Gasteiger partial charge in [-0.2, -0.15) is 0 Å². The van der Waals surface area contributed by atoms with Crippen LogP contribution in [0.4, 0.5) is 0 Å². The van der Waals surface area contributed by atoms with Crippen LogP contribution in [-0.2, 0) is 25.2 Å². The summed E-state index contributed by atoms with van der Waals surface area (Å²) in [4.78, 5) is 30.8. The summed E-state index contributed by atoms with van der Waals surface area (Å²) < 4.78 is 11.2. The van der Waals surface area contributed by atoms with E-state index < -0.39 is 17.8 Å². The number of hydrogen-bond acceptors (Lipinski definition) is 5. The van der Waals surface area contributed by atoms with Gasteiger partial charge in [-0.05, 0) is 41.5 Å². The molecule has 0 atom stereocenters. The minimum absolute atomic E-state index is 0.0133. The van der Waals surface area contributed by atoms with Gasteiger partial charge in [0.05, 0.1) is 29.0 Å². The van der Waals surface area contributed by atoms with Crippen LogP contribution in [0.1, 0.15) is 70.7 Å². The second kappa shape index (κ2) is 8.93. The molecule has 6 nitrogen and oxygen atoms in total. The van der Waals surface area contributed by atoms with E-state index in [0.717, 1.165) is 11.1 Å². The second-order valence-electron chi connectivity index (χ2n) is 10.9.